The lowest BCUT2D eigenvalue weighted by Gasteiger charge is -2.29. The van der Waals surface area contributed by atoms with Crippen LogP contribution in [0.15, 0.2) is 10.8 Å². The Morgan fingerprint density at radius 3 is 2.86 bits per heavy atom. The highest BCUT2D eigenvalue weighted by molar-refractivity contribution is 5.04. The minimum absolute atomic E-state index is 0.393. The first-order chi connectivity index (χ1) is 6.75. The van der Waals surface area contributed by atoms with Crippen molar-refractivity contribution in [3.63, 3.8) is 0 Å². The number of likely N-dealkylation sites (tertiary alicyclic amines) is 1. The fraction of sp³-hybridized carbons (Fsp3) is 0.700. The molecule has 0 bridgehead atoms. The molecule has 14 heavy (non-hydrogen) atoms. The van der Waals surface area contributed by atoms with Gasteiger partial charge in [0.1, 0.15) is 5.76 Å². The van der Waals surface area contributed by atoms with Crippen molar-refractivity contribution in [2.75, 3.05) is 13.1 Å². The lowest BCUT2D eigenvalue weighted by Crippen LogP contribution is -2.39. The van der Waals surface area contributed by atoms with E-state index >= 15 is 0 Å². The number of aromatic nitrogens is 1. The zero-order valence-electron chi connectivity index (χ0n) is 8.57. The zero-order valence-corrected chi connectivity index (χ0v) is 8.57. The molecule has 1 aromatic rings. The van der Waals surface area contributed by atoms with Gasteiger partial charge in [-0.2, -0.15) is 0 Å². The van der Waals surface area contributed by atoms with E-state index < -0.39 is 0 Å². The van der Waals surface area contributed by atoms with Crippen molar-refractivity contribution in [3.05, 3.63) is 17.8 Å². The lowest BCUT2D eigenvalue weighted by atomic mass is 10.1. The van der Waals surface area contributed by atoms with Gasteiger partial charge in [-0.1, -0.05) is 0 Å². The zero-order chi connectivity index (χ0) is 9.97. The van der Waals surface area contributed by atoms with Gasteiger partial charge in [-0.05, 0) is 19.8 Å². The molecule has 1 aromatic heterocycles. The molecule has 0 aliphatic carbocycles. The van der Waals surface area contributed by atoms with Gasteiger partial charge in [-0.25, -0.2) is 4.98 Å². The molecule has 1 aliphatic heterocycles. The molecule has 1 fully saturated rings. The van der Waals surface area contributed by atoms with E-state index in [0.29, 0.717) is 6.04 Å². The monoisotopic (exact) mass is 195 g/mol. The maximum Gasteiger partial charge on any atom is 0.181 e. The molecule has 2 N–H and O–H groups in total. The largest absolute Gasteiger partial charge is 0.448 e. The molecule has 0 atom stereocenters. The van der Waals surface area contributed by atoms with E-state index in [4.69, 9.17) is 10.2 Å². The minimum atomic E-state index is 0.393. The van der Waals surface area contributed by atoms with Gasteiger partial charge >= 0.3 is 0 Å². The molecule has 0 amide bonds. The molecular weight excluding hydrogens is 178 g/mol. The fourth-order valence-electron chi connectivity index (χ4n) is 1.80. The van der Waals surface area contributed by atoms with Crippen molar-refractivity contribution in [2.24, 2.45) is 5.73 Å². The van der Waals surface area contributed by atoms with E-state index in [0.717, 1.165) is 43.9 Å². The fourth-order valence-corrected chi connectivity index (χ4v) is 1.80. The van der Waals surface area contributed by atoms with E-state index in [1.165, 1.54) is 6.39 Å². The van der Waals surface area contributed by atoms with Crippen LogP contribution in [0.25, 0.3) is 0 Å². The van der Waals surface area contributed by atoms with Crippen LogP contribution in [0.4, 0.5) is 0 Å². The van der Waals surface area contributed by atoms with Gasteiger partial charge in [-0.3, -0.25) is 4.90 Å². The molecule has 2 heterocycles. The summed E-state index contributed by atoms with van der Waals surface area (Å²) in [7, 11) is 0. The summed E-state index contributed by atoms with van der Waals surface area (Å²) in [6.07, 6.45) is 3.70. The number of rotatable bonds is 2. The van der Waals surface area contributed by atoms with Crippen LogP contribution in [-0.4, -0.2) is 29.0 Å². The number of hydrogen-bond acceptors (Lipinski definition) is 4. The summed E-state index contributed by atoms with van der Waals surface area (Å²) in [5.41, 5.74) is 6.90. The van der Waals surface area contributed by atoms with Crippen LogP contribution in [0.1, 0.15) is 24.3 Å². The molecule has 0 spiro atoms. The first-order valence-electron chi connectivity index (χ1n) is 5.12. The van der Waals surface area contributed by atoms with Gasteiger partial charge in [0.15, 0.2) is 6.39 Å². The number of piperidine rings is 1. The Hall–Kier alpha value is -0.870. The van der Waals surface area contributed by atoms with Crippen molar-refractivity contribution in [3.8, 4) is 0 Å². The second-order valence-electron chi connectivity index (χ2n) is 3.97. The predicted octanol–water partition coefficient (Wildman–Crippen LogP) is 0.906. The molecule has 0 radical (unpaired) electrons. The third-order valence-corrected chi connectivity index (χ3v) is 2.85. The van der Waals surface area contributed by atoms with Crippen molar-refractivity contribution in [1.82, 2.24) is 9.88 Å². The third-order valence-electron chi connectivity index (χ3n) is 2.85. The summed E-state index contributed by atoms with van der Waals surface area (Å²) < 4.78 is 5.16. The first kappa shape index (κ1) is 9.68. The van der Waals surface area contributed by atoms with Crippen LogP contribution < -0.4 is 5.73 Å². The Balaban J connectivity index is 1.89. The summed E-state index contributed by atoms with van der Waals surface area (Å²) in [6.45, 7) is 5.01. The maximum absolute atomic E-state index is 5.84. The number of aryl methyl sites for hydroxylation is 1. The summed E-state index contributed by atoms with van der Waals surface area (Å²) in [5.74, 6) is 0.930. The van der Waals surface area contributed by atoms with Gasteiger partial charge in [0.25, 0.3) is 0 Å². The number of nitrogens with zero attached hydrogens (tertiary/aromatic N) is 2. The third kappa shape index (κ3) is 2.13. The van der Waals surface area contributed by atoms with Crippen LogP contribution in [-0.2, 0) is 6.54 Å². The van der Waals surface area contributed by atoms with Crippen LogP contribution in [0, 0.1) is 6.92 Å². The maximum atomic E-state index is 5.84. The number of oxazole rings is 1. The van der Waals surface area contributed by atoms with Crippen LogP contribution in [0.5, 0.6) is 0 Å². The van der Waals surface area contributed by atoms with Gasteiger partial charge in [0.05, 0.1) is 5.69 Å². The normalized spacial score (nSPS) is 20.1. The van der Waals surface area contributed by atoms with Gasteiger partial charge in [0.2, 0.25) is 0 Å². The minimum Gasteiger partial charge on any atom is -0.448 e. The highest BCUT2D eigenvalue weighted by Gasteiger charge is 2.17. The summed E-state index contributed by atoms with van der Waals surface area (Å²) >= 11 is 0. The van der Waals surface area contributed by atoms with E-state index in [9.17, 15) is 0 Å². The Kier molecular flexibility index (Phi) is 2.84. The van der Waals surface area contributed by atoms with Crippen molar-refractivity contribution >= 4 is 0 Å². The molecule has 0 unspecified atom stereocenters. The topological polar surface area (TPSA) is 55.3 Å². The average molecular weight is 195 g/mol. The Morgan fingerprint density at radius 2 is 2.29 bits per heavy atom. The standard InChI is InChI=1S/C10H17N3O/c1-8-10(12-7-14-8)6-13-4-2-9(11)3-5-13/h7,9H,2-6,11H2,1H3. The van der Waals surface area contributed by atoms with Crippen molar-refractivity contribution < 1.29 is 4.42 Å². The first-order valence-corrected chi connectivity index (χ1v) is 5.12. The molecular formula is C10H17N3O. The molecule has 78 valence electrons. The molecule has 2 rings (SSSR count). The van der Waals surface area contributed by atoms with Gasteiger partial charge in [0, 0.05) is 25.7 Å². The molecule has 1 saturated heterocycles. The predicted molar refractivity (Wildman–Crippen MR) is 53.7 cm³/mol. The van der Waals surface area contributed by atoms with Crippen molar-refractivity contribution in [1.29, 1.82) is 0 Å². The van der Waals surface area contributed by atoms with Gasteiger partial charge < -0.3 is 10.2 Å². The smallest absolute Gasteiger partial charge is 0.181 e. The number of hydrogen-bond donors (Lipinski definition) is 1. The van der Waals surface area contributed by atoms with Crippen LogP contribution in [0.2, 0.25) is 0 Å². The highest BCUT2D eigenvalue weighted by atomic mass is 16.3. The van der Waals surface area contributed by atoms with Crippen LogP contribution in [0.3, 0.4) is 0 Å². The number of nitrogens with two attached hydrogens (primary N) is 1. The van der Waals surface area contributed by atoms with Crippen molar-refractivity contribution in [2.45, 2.75) is 32.4 Å². The Bertz CT molecular complexity index is 289. The van der Waals surface area contributed by atoms with E-state index in [2.05, 4.69) is 9.88 Å². The molecule has 0 aromatic carbocycles. The lowest BCUT2D eigenvalue weighted by molar-refractivity contribution is 0.203. The summed E-state index contributed by atoms with van der Waals surface area (Å²) in [5, 5.41) is 0. The highest BCUT2D eigenvalue weighted by Crippen LogP contribution is 2.13. The quantitative estimate of drug-likeness (QED) is 0.762. The average Bonchev–Trinajstić information content (AvgIpc) is 2.56. The van der Waals surface area contributed by atoms with Crippen LogP contribution >= 0.6 is 0 Å². The molecule has 0 saturated carbocycles. The van der Waals surface area contributed by atoms with E-state index in [-0.39, 0.29) is 0 Å². The van der Waals surface area contributed by atoms with Gasteiger partial charge in [-0.15, -0.1) is 0 Å². The molecule has 4 heteroatoms. The Morgan fingerprint density at radius 1 is 1.57 bits per heavy atom. The SMILES string of the molecule is Cc1ocnc1CN1CCC(N)CC1. The van der Waals surface area contributed by atoms with E-state index in [1.807, 2.05) is 6.92 Å². The Labute approximate surface area is 84.1 Å². The summed E-state index contributed by atoms with van der Waals surface area (Å²) in [6, 6.07) is 0.393. The van der Waals surface area contributed by atoms with E-state index in [1.54, 1.807) is 0 Å². The second kappa shape index (κ2) is 4.11. The summed E-state index contributed by atoms with van der Waals surface area (Å²) in [4.78, 5) is 6.57. The second-order valence-corrected chi connectivity index (χ2v) is 3.97. The molecule has 1 aliphatic rings. The molecule has 4 nitrogen and oxygen atoms in total.